The number of nitrogens with two attached hydrogens (primary N) is 1. The summed E-state index contributed by atoms with van der Waals surface area (Å²) in [6.07, 6.45) is 43.5. The summed E-state index contributed by atoms with van der Waals surface area (Å²) in [6, 6.07) is 0. The van der Waals surface area contributed by atoms with E-state index in [2.05, 4.69) is 20.8 Å². The van der Waals surface area contributed by atoms with Crippen LogP contribution in [0.3, 0.4) is 0 Å². The number of unbranched alkanes of at least 4 members (excludes halogenated alkanes) is 27. The van der Waals surface area contributed by atoms with E-state index in [1.54, 1.807) is 0 Å². The van der Waals surface area contributed by atoms with Crippen molar-refractivity contribution in [3.05, 3.63) is 0 Å². The molecule has 2 N–H and O–H groups in total. The summed E-state index contributed by atoms with van der Waals surface area (Å²) in [5.74, 6) is -0.193. The fourth-order valence-corrected chi connectivity index (χ4v) is 6.62. The van der Waals surface area contributed by atoms with Gasteiger partial charge in [0, 0.05) is 0 Å². The van der Waals surface area contributed by atoms with Gasteiger partial charge in [0.2, 0.25) is 0 Å². The monoisotopic (exact) mass is 594 g/mol. The second kappa shape index (κ2) is 33.3. The third-order valence-electron chi connectivity index (χ3n) is 9.45. The minimum atomic E-state index is -0.281. The van der Waals surface area contributed by atoms with Crippen molar-refractivity contribution in [2.24, 2.45) is 5.73 Å². The van der Waals surface area contributed by atoms with E-state index in [1.807, 2.05) is 0 Å². The molecule has 252 valence electrons. The first-order valence-corrected chi connectivity index (χ1v) is 19.6. The minimum absolute atomic E-state index is 0.00977. The lowest BCUT2D eigenvalue weighted by Crippen LogP contribution is -2.37. The highest BCUT2D eigenvalue weighted by atomic mass is 16.6. The Hall–Kier alpha value is -0.570. The van der Waals surface area contributed by atoms with Gasteiger partial charge in [-0.05, 0) is 38.5 Å². The van der Waals surface area contributed by atoms with Gasteiger partial charge in [-0.25, -0.2) is 0 Å². The van der Waals surface area contributed by atoms with Crippen molar-refractivity contribution in [1.29, 1.82) is 0 Å². The standard InChI is InChI=1S/C39H79NO2/c1-4-7-10-13-16-19-22-25-28-31-34-39(42-38(41)37-40,35-32-29-26-23-20-17-14-11-8-5-2)36-33-30-27-24-21-18-15-12-9-6-3/h4-37,40H2,1-3H3. The number of carbonyl (C=O) groups excluding carboxylic acids is 1. The SMILES string of the molecule is CCCCCCCCCCCCC(CCCCCCCCCCCC)(CCCCCCCCCCCC)OC(=O)CN. The molecule has 0 heterocycles. The van der Waals surface area contributed by atoms with Crippen molar-refractivity contribution in [3.8, 4) is 0 Å². The maximum Gasteiger partial charge on any atom is 0.320 e. The first-order valence-electron chi connectivity index (χ1n) is 19.6. The predicted octanol–water partition coefficient (Wildman–Crippen LogP) is 13.2. The highest BCUT2D eigenvalue weighted by Crippen LogP contribution is 2.33. The van der Waals surface area contributed by atoms with Crippen molar-refractivity contribution >= 4 is 5.97 Å². The van der Waals surface area contributed by atoms with Crippen LogP contribution in [-0.4, -0.2) is 18.1 Å². The molecule has 0 aromatic rings. The maximum absolute atomic E-state index is 12.5. The van der Waals surface area contributed by atoms with Crippen LogP contribution in [-0.2, 0) is 9.53 Å². The molecule has 0 aromatic heterocycles. The molecule has 0 aliphatic rings. The largest absolute Gasteiger partial charge is 0.458 e. The molecule has 0 spiro atoms. The van der Waals surface area contributed by atoms with Crippen LogP contribution in [0.1, 0.15) is 233 Å². The van der Waals surface area contributed by atoms with Crippen LogP contribution < -0.4 is 5.73 Å². The molecular weight excluding hydrogens is 514 g/mol. The van der Waals surface area contributed by atoms with Gasteiger partial charge >= 0.3 is 5.97 Å². The fraction of sp³-hybridized carbons (Fsp3) is 0.974. The number of ether oxygens (including phenoxy) is 1. The average molecular weight is 594 g/mol. The Morgan fingerprint density at radius 1 is 0.405 bits per heavy atom. The molecule has 0 amide bonds. The Bertz CT molecular complexity index is 475. The zero-order valence-electron chi connectivity index (χ0n) is 29.4. The Labute approximate surface area is 265 Å². The summed E-state index contributed by atoms with van der Waals surface area (Å²) in [6.45, 7) is 6.88. The highest BCUT2D eigenvalue weighted by molar-refractivity contribution is 5.71. The van der Waals surface area contributed by atoms with Gasteiger partial charge < -0.3 is 10.5 Å². The molecule has 0 aliphatic carbocycles. The van der Waals surface area contributed by atoms with Crippen molar-refractivity contribution in [3.63, 3.8) is 0 Å². The number of hydrogen-bond donors (Lipinski definition) is 1. The van der Waals surface area contributed by atoms with Gasteiger partial charge in [-0.15, -0.1) is 0 Å². The van der Waals surface area contributed by atoms with E-state index in [1.165, 1.54) is 193 Å². The van der Waals surface area contributed by atoms with E-state index < -0.39 is 0 Å². The van der Waals surface area contributed by atoms with Gasteiger partial charge in [-0.2, -0.15) is 0 Å². The summed E-state index contributed by atoms with van der Waals surface area (Å²) in [7, 11) is 0. The molecule has 42 heavy (non-hydrogen) atoms. The van der Waals surface area contributed by atoms with Crippen molar-refractivity contribution in [2.75, 3.05) is 6.54 Å². The van der Waals surface area contributed by atoms with Crippen molar-refractivity contribution < 1.29 is 9.53 Å². The van der Waals surface area contributed by atoms with Gasteiger partial charge in [0.25, 0.3) is 0 Å². The van der Waals surface area contributed by atoms with Crippen LogP contribution in [0.2, 0.25) is 0 Å². The summed E-state index contributed by atoms with van der Waals surface area (Å²) in [4.78, 5) is 12.5. The van der Waals surface area contributed by atoms with Gasteiger partial charge in [0.15, 0.2) is 0 Å². The molecule has 0 aliphatic heterocycles. The van der Waals surface area contributed by atoms with Crippen LogP contribution in [0.15, 0.2) is 0 Å². The maximum atomic E-state index is 12.5. The van der Waals surface area contributed by atoms with Crippen LogP contribution in [0.5, 0.6) is 0 Å². The van der Waals surface area contributed by atoms with E-state index in [9.17, 15) is 4.79 Å². The van der Waals surface area contributed by atoms with Crippen molar-refractivity contribution in [2.45, 2.75) is 238 Å². The summed E-state index contributed by atoms with van der Waals surface area (Å²) >= 11 is 0. The molecule has 0 atom stereocenters. The average Bonchev–Trinajstić information content (AvgIpc) is 3.00. The predicted molar refractivity (Wildman–Crippen MR) is 187 cm³/mol. The topological polar surface area (TPSA) is 52.3 Å². The third-order valence-corrected chi connectivity index (χ3v) is 9.45. The molecule has 0 fully saturated rings. The molecule has 0 rings (SSSR count). The fourth-order valence-electron chi connectivity index (χ4n) is 6.62. The number of rotatable bonds is 35. The number of hydrogen-bond acceptors (Lipinski definition) is 3. The van der Waals surface area contributed by atoms with Gasteiger partial charge in [-0.1, -0.05) is 194 Å². The zero-order chi connectivity index (χ0) is 30.8. The van der Waals surface area contributed by atoms with Gasteiger partial charge in [0.05, 0.1) is 6.54 Å². The van der Waals surface area contributed by atoms with E-state index in [0.717, 1.165) is 19.3 Å². The molecule has 3 nitrogen and oxygen atoms in total. The molecule has 0 saturated carbocycles. The highest BCUT2D eigenvalue weighted by Gasteiger charge is 2.32. The van der Waals surface area contributed by atoms with Crippen LogP contribution >= 0.6 is 0 Å². The smallest absolute Gasteiger partial charge is 0.320 e. The quantitative estimate of drug-likeness (QED) is 0.0587. The van der Waals surface area contributed by atoms with Crippen LogP contribution in [0.4, 0.5) is 0 Å². The summed E-state index contributed by atoms with van der Waals surface area (Å²) in [5.41, 5.74) is 5.48. The van der Waals surface area contributed by atoms with Crippen LogP contribution in [0, 0.1) is 0 Å². The lowest BCUT2D eigenvalue weighted by molar-refractivity contribution is -0.161. The molecular formula is C39H79NO2. The Morgan fingerprint density at radius 2 is 0.619 bits per heavy atom. The second-order valence-corrected chi connectivity index (χ2v) is 13.7. The third kappa shape index (κ3) is 28.2. The molecule has 0 unspecified atom stereocenters. The van der Waals surface area contributed by atoms with Gasteiger partial charge in [0.1, 0.15) is 5.60 Å². The first-order chi connectivity index (χ1) is 20.6. The van der Waals surface area contributed by atoms with E-state index in [4.69, 9.17) is 10.5 Å². The zero-order valence-corrected chi connectivity index (χ0v) is 29.4. The lowest BCUT2D eigenvalue weighted by atomic mass is 9.84. The number of esters is 1. The Balaban J connectivity index is 4.63. The molecule has 0 aromatic carbocycles. The van der Waals surface area contributed by atoms with E-state index in [0.29, 0.717) is 0 Å². The lowest BCUT2D eigenvalue weighted by Gasteiger charge is -2.34. The van der Waals surface area contributed by atoms with Crippen LogP contribution in [0.25, 0.3) is 0 Å². The molecule has 3 heteroatoms. The molecule has 0 bridgehead atoms. The Kier molecular flexibility index (Phi) is 32.9. The first kappa shape index (κ1) is 41.4. The molecule has 0 radical (unpaired) electrons. The summed E-state index contributed by atoms with van der Waals surface area (Å²) in [5, 5.41) is 0. The molecule has 0 saturated heterocycles. The van der Waals surface area contributed by atoms with Crippen molar-refractivity contribution in [1.82, 2.24) is 0 Å². The van der Waals surface area contributed by atoms with E-state index in [-0.39, 0.29) is 18.1 Å². The van der Waals surface area contributed by atoms with Gasteiger partial charge in [-0.3, -0.25) is 4.79 Å². The van der Waals surface area contributed by atoms with E-state index >= 15 is 0 Å². The minimum Gasteiger partial charge on any atom is -0.458 e. The summed E-state index contributed by atoms with van der Waals surface area (Å²) < 4.78 is 6.27. The Morgan fingerprint density at radius 3 is 0.833 bits per heavy atom. The second-order valence-electron chi connectivity index (χ2n) is 13.7. The number of carbonyl (C=O) groups is 1. The normalized spacial score (nSPS) is 11.8.